The summed E-state index contributed by atoms with van der Waals surface area (Å²) < 4.78 is 19.0. The number of hydrogen-bond acceptors (Lipinski definition) is 8. The van der Waals surface area contributed by atoms with Gasteiger partial charge >= 0.3 is 0 Å². The number of halogens is 1. The van der Waals surface area contributed by atoms with Gasteiger partial charge in [-0.1, -0.05) is 0 Å². The van der Waals surface area contributed by atoms with Crippen LogP contribution in [0, 0.1) is 5.82 Å². The van der Waals surface area contributed by atoms with E-state index in [1.807, 2.05) is 6.07 Å². The quantitative estimate of drug-likeness (QED) is 0.549. The summed E-state index contributed by atoms with van der Waals surface area (Å²) in [4.78, 5) is 17.6. The maximum Gasteiger partial charge on any atom is 0.223 e. The van der Waals surface area contributed by atoms with Crippen molar-refractivity contribution in [3.63, 3.8) is 0 Å². The lowest BCUT2D eigenvalue weighted by molar-refractivity contribution is 0.0398. The van der Waals surface area contributed by atoms with Crippen molar-refractivity contribution in [2.75, 3.05) is 57.8 Å². The van der Waals surface area contributed by atoms with Crippen LogP contribution in [-0.4, -0.2) is 72.3 Å². The Kier molecular flexibility index (Phi) is 7.21. The molecule has 0 unspecified atom stereocenters. The van der Waals surface area contributed by atoms with Gasteiger partial charge in [0.05, 0.1) is 34.5 Å². The van der Waals surface area contributed by atoms with Crippen LogP contribution in [0.3, 0.4) is 0 Å². The Balaban J connectivity index is 1.39. The van der Waals surface area contributed by atoms with Crippen molar-refractivity contribution in [2.45, 2.75) is 18.8 Å². The molecule has 33 heavy (non-hydrogen) atoms. The van der Waals surface area contributed by atoms with E-state index < -0.39 is 0 Å². The molecule has 3 aromatic rings. The largest absolute Gasteiger partial charge is 0.379 e. The Hall–Kier alpha value is -2.46. The molecule has 4 heterocycles. The topological polar surface area (TPSA) is 75.2 Å². The van der Waals surface area contributed by atoms with Gasteiger partial charge in [-0.2, -0.15) is 0 Å². The van der Waals surface area contributed by atoms with Gasteiger partial charge in [-0.15, -0.1) is 11.3 Å². The first-order valence-corrected chi connectivity index (χ1v) is 12.4. The Labute approximate surface area is 197 Å². The third-order valence-electron chi connectivity index (χ3n) is 6.15. The lowest BCUT2D eigenvalue weighted by atomic mass is 9.99. The number of nitrogens with one attached hydrogen (secondary N) is 2. The second-order valence-electron chi connectivity index (χ2n) is 8.41. The molecule has 0 amide bonds. The van der Waals surface area contributed by atoms with Gasteiger partial charge < -0.3 is 15.4 Å². The molecule has 0 saturated carbocycles. The zero-order valence-corrected chi connectivity index (χ0v) is 19.4. The first kappa shape index (κ1) is 22.3. The summed E-state index contributed by atoms with van der Waals surface area (Å²) in [5.74, 6) is 0.808. The molecule has 2 N–H and O–H groups in total. The standard InChI is InChI=1S/C24H29FN6OS/c25-19-3-1-17(2-4-19)21-22(33-23(30-21)18-5-8-26-9-6-18)20-7-10-27-24(29-20)28-11-12-31-13-15-32-16-14-31/h1-4,7,10,18,26H,5-6,8-9,11-16H2,(H,27,28,29). The maximum absolute atomic E-state index is 13.6. The molecule has 2 aliphatic rings. The van der Waals surface area contributed by atoms with E-state index in [0.717, 1.165) is 92.2 Å². The number of benzene rings is 1. The molecule has 174 valence electrons. The van der Waals surface area contributed by atoms with Crippen LogP contribution in [0.25, 0.3) is 21.8 Å². The summed E-state index contributed by atoms with van der Waals surface area (Å²) in [6.07, 6.45) is 3.94. The predicted octanol–water partition coefficient (Wildman–Crippen LogP) is 3.62. The van der Waals surface area contributed by atoms with Gasteiger partial charge in [0, 0.05) is 43.9 Å². The summed E-state index contributed by atoms with van der Waals surface area (Å²) in [5, 5.41) is 7.91. The maximum atomic E-state index is 13.6. The third kappa shape index (κ3) is 5.55. The Morgan fingerprint density at radius 1 is 1.09 bits per heavy atom. The average molecular weight is 469 g/mol. The highest BCUT2D eigenvalue weighted by molar-refractivity contribution is 7.15. The van der Waals surface area contributed by atoms with Crippen molar-refractivity contribution < 1.29 is 9.13 Å². The Morgan fingerprint density at radius 2 is 1.88 bits per heavy atom. The van der Waals surface area contributed by atoms with Crippen molar-refractivity contribution in [1.82, 2.24) is 25.2 Å². The minimum Gasteiger partial charge on any atom is -0.379 e. The lowest BCUT2D eigenvalue weighted by Crippen LogP contribution is -2.39. The van der Waals surface area contributed by atoms with Gasteiger partial charge in [0.2, 0.25) is 5.95 Å². The van der Waals surface area contributed by atoms with Crippen LogP contribution in [0.1, 0.15) is 23.8 Å². The van der Waals surface area contributed by atoms with Crippen LogP contribution >= 0.6 is 11.3 Å². The van der Waals surface area contributed by atoms with E-state index in [4.69, 9.17) is 14.7 Å². The number of piperidine rings is 1. The van der Waals surface area contributed by atoms with Crippen molar-refractivity contribution >= 4 is 17.3 Å². The number of ether oxygens (including phenoxy) is 1. The fraction of sp³-hybridized carbons (Fsp3) is 0.458. The van der Waals surface area contributed by atoms with Crippen molar-refractivity contribution in [2.24, 2.45) is 0 Å². The molecule has 0 aliphatic carbocycles. The molecular weight excluding hydrogens is 439 g/mol. The van der Waals surface area contributed by atoms with E-state index in [0.29, 0.717) is 11.9 Å². The number of rotatable bonds is 7. The Morgan fingerprint density at radius 3 is 2.67 bits per heavy atom. The zero-order chi connectivity index (χ0) is 22.5. The van der Waals surface area contributed by atoms with E-state index in [1.54, 1.807) is 29.7 Å². The summed E-state index contributed by atoms with van der Waals surface area (Å²) in [7, 11) is 0. The molecule has 0 radical (unpaired) electrons. The molecule has 7 nitrogen and oxygen atoms in total. The molecule has 2 fully saturated rings. The fourth-order valence-corrected chi connectivity index (χ4v) is 5.50. The first-order valence-electron chi connectivity index (χ1n) is 11.6. The summed E-state index contributed by atoms with van der Waals surface area (Å²) in [6.45, 7) is 7.24. The molecule has 2 saturated heterocycles. The highest BCUT2D eigenvalue weighted by Crippen LogP contribution is 2.40. The average Bonchev–Trinajstić information content (AvgIpc) is 3.32. The monoisotopic (exact) mass is 468 g/mol. The van der Waals surface area contributed by atoms with E-state index in [1.165, 1.54) is 12.1 Å². The van der Waals surface area contributed by atoms with Gasteiger partial charge in [-0.05, 0) is 56.3 Å². The number of hydrogen-bond donors (Lipinski definition) is 2. The van der Waals surface area contributed by atoms with Gasteiger partial charge in [-0.3, -0.25) is 4.90 Å². The van der Waals surface area contributed by atoms with Crippen molar-refractivity contribution in [3.8, 4) is 21.8 Å². The summed E-state index contributed by atoms with van der Waals surface area (Å²) >= 11 is 1.70. The molecular formula is C24H29FN6OS. The second kappa shape index (κ2) is 10.6. The predicted molar refractivity (Wildman–Crippen MR) is 129 cm³/mol. The van der Waals surface area contributed by atoms with E-state index in [9.17, 15) is 4.39 Å². The smallest absolute Gasteiger partial charge is 0.223 e. The zero-order valence-electron chi connectivity index (χ0n) is 18.6. The van der Waals surface area contributed by atoms with Crippen LogP contribution in [-0.2, 0) is 4.74 Å². The fourth-order valence-electron chi connectivity index (χ4n) is 4.28. The van der Waals surface area contributed by atoms with Crippen molar-refractivity contribution in [3.05, 3.63) is 47.4 Å². The SMILES string of the molecule is Fc1ccc(-c2nc(C3CCNCC3)sc2-c2ccnc(NCCN3CCOCC3)n2)cc1. The van der Waals surface area contributed by atoms with Gasteiger partial charge in [0.15, 0.2) is 0 Å². The van der Waals surface area contributed by atoms with Gasteiger partial charge in [0.1, 0.15) is 5.82 Å². The number of nitrogens with zero attached hydrogens (tertiary/aromatic N) is 4. The van der Waals surface area contributed by atoms with Crippen LogP contribution in [0.2, 0.25) is 0 Å². The normalized spacial score (nSPS) is 17.8. The first-order chi connectivity index (χ1) is 16.3. The highest BCUT2D eigenvalue weighted by atomic mass is 32.1. The van der Waals surface area contributed by atoms with Crippen molar-refractivity contribution in [1.29, 1.82) is 0 Å². The number of morpholine rings is 1. The van der Waals surface area contributed by atoms with E-state index >= 15 is 0 Å². The lowest BCUT2D eigenvalue weighted by Gasteiger charge is -2.26. The van der Waals surface area contributed by atoms with E-state index in [2.05, 4.69) is 20.5 Å². The van der Waals surface area contributed by atoms with Gasteiger partial charge in [0.25, 0.3) is 0 Å². The van der Waals surface area contributed by atoms with Crippen LogP contribution in [0.15, 0.2) is 36.5 Å². The minimum atomic E-state index is -0.247. The summed E-state index contributed by atoms with van der Waals surface area (Å²) in [6, 6.07) is 8.49. The molecule has 0 bridgehead atoms. The number of thiazole rings is 1. The molecule has 0 atom stereocenters. The van der Waals surface area contributed by atoms with Crippen LogP contribution in [0.4, 0.5) is 10.3 Å². The molecule has 9 heteroatoms. The molecule has 1 aromatic carbocycles. The van der Waals surface area contributed by atoms with E-state index in [-0.39, 0.29) is 5.82 Å². The Bertz CT molecular complexity index is 1050. The summed E-state index contributed by atoms with van der Waals surface area (Å²) in [5.41, 5.74) is 2.62. The van der Waals surface area contributed by atoms with Crippen LogP contribution in [0.5, 0.6) is 0 Å². The van der Waals surface area contributed by atoms with Gasteiger partial charge in [-0.25, -0.2) is 19.3 Å². The molecule has 2 aromatic heterocycles. The molecule has 5 rings (SSSR count). The number of aromatic nitrogens is 3. The molecule has 0 spiro atoms. The number of anilines is 1. The second-order valence-corrected chi connectivity index (χ2v) is 9.44. The third-order valence-corrected chi connectivity index (χ3v) is 7.39. The van der Waals surface area contributed by atoms with Crippen LogP contribution < -0.4 is 10.6 Å². The highest BCUT2D eigenvalue weighted by Gasteiger charge is 2.23. The minimum absolute atomic E-state index is 0.247. The molecule has 2 aliphatic heterocycles.